The highest BCUT2D eigenvalue weighted by atomic mass is 16.3. The molecule has 2 nitrogen and oxygen atoms in total. The molecule has 0 aliphatic heterocycles. The largest absolute Gasteiger partial charge is 0.376 e. The van der Waals surface area contributed by atoms with Crippen LogP contribution in [0, 0.1) is 23.7 Å². The minimum atomic E-state index is -0.811. The summed E-state index contributed by atoms with van der Waals surface area (Å²) in [5.41, 5.74) is 1.52. The summed E-state index contributed by atoms with van der Waals surface area (Å²) in [7, 11) is 0. The van der Waals surface area contributed by atoms with E-state index >= 15 is 0 Å². The van der Waals surface area contributed by atoms with Crippen molar-refractivity contribution in [1.82, 2.24) is 0 Å². The van der Waals surface area contributed by atoms with Crippen LogP contribution < -0.4 is 0 Å². The molecule has 2 atom stereocenters. The van der Waals surface area contributed by atoms with Gasteiger partial charge >= 0.3 is 0 Å². The Labute approximate surface area is 130 Å². The number of hydrogen-bond acceptors (Lipinski definition) is 2. The fraction of sp³-hybridized carbons (Fsp3) is 0.100. The van der Waals surface area contributed by atoms with Crippen LogP contribution in [-0.2, 0) is 0 Å². The highest BCUT2D eigenvalue weighted by Crippen LogP contribution is 2.10. The minimum absolute atomic E-state index is 0.758. The summed E-state index contributed by atoms with van der Waals surface area (Å²) >= 11 is 0. The maximum atomic E-state index is 9.83. The molecule has 0 saturated carbocycles. The van der Waals surface area contributed by atoms with E-state index in [9.17, 15) is 10.2 Å². The van der Waals surface area contributed by atoms with Crippen LogP contribution in [0.3, 0.4) is 0 Å². The van der Waals surface area contributed by atoms with Gasteiger partial charge in [0.1, 0.15) is 12.2 Å². The number of aliphatic hydroxyl groups excluding tert-OH is 2. The second-order valence-corrected chi connectivity index (χ2v) is 4.54. The third-order valence-electron chi connectivity index (χ3n) is 2.92. The highest BCUT2D eigenvalue weighted by Gasteiger charge is 2.00. The molecule has 108 valence electrons. The zero-order valence-corrected chi connectivity index (χ0v) is 12.0. The Kier molecular flexibility index (Phi) is 6.03. The van der Waals surface area contributed by atoms with Crippen LogP contribution in [0.1, 0.15) is 23.3 Å². The Bertz CT molecular complexity index is 660. The fourth-order valence-electron chi connectivity index (χ4n) is 1.77. The smallest absolute Gasteiger partial charge is 0.140 e. The van der Waals surface area contributed by atoms with E-state index in [2.05, 4.69) is 23.7 Å². The van der Waals surface area contributed by atoms with Gasteiger partial charge in [0.15, 0.2) is 0 Å². The summed E-state index contributed by atoms with van der Waals surface area (Å²) in [6, 6.07) is 18.5. The van der Waals surface area contributed by atoms with Gasteiger partial charge in [0.2, 0.25) is 0 Å². The predicted molar refractivity (Wildman–Crippen MR) is 87.5 cm³/mol. The molecule has 2 aromatic rings. The summed E-state index contributed by atoms with van der Waals surface area (Å²) in [4.78, 5) is 0. The molecule has 0 saturated heterocycles. The second-order valence-electron chi connectivity index (χ2n) is 4.54. The molecule has 22 heavy (non-hydrogen) atoms. The minimum Gasteiger partial charge on any atom is -0.376 e. The molecule has 0 spiro atoms. The van der Waals surface area contributed by atoms with E-state index in [4.69, 9.17) is 0 Å². The van der Waals surface area contributed by atoms with Gasteiger partial charge in [-0.05, 0) is 23.3 Å². The van der Waals surface area contributed by atoms with Crippen molar-refractivity contribution in [3.05, 3.63) is 83.9 Å². The van der Waals surface area contributed by atoms with Crippen LogP contribution >= 0.6 is 0 Å². The van der Waals surface area contributed by atoms with E-state index in [1.54, 1.807) is 12.2 Å². The summed E-state index contributed by atoms with van der Waals surface area (Å²) in [6.45, 7) is 0. The zero-order chi connectivity index (χ0) is 15.6. The van der Waals surface area contributed by atoms with Crippen LogP contribution in [0.2, 0.25) is 0 Å². The Balaban J connectivity index is 1.90. The molecule has 2 aromatic carbocycles. The molecule has 2 rings (SSSR count). The second kappa shape index (κ2) is 8.49. The van der Waals surface area contributed by atoms with Gasteiger partial charge in [0.25, 0.3) is 0 Å². The van der Waals surface area contributed by atoms with Gasteiger partial charge < -0.3 is 10.2 Å². The van der Waals surface area contributed by atoms with E-state index in [0.29, 0.717) is 0 Å². The van der Waals surface area contributed by atoms with Crippen molar-refractivity contribution in [3.8, 4) is 23.7 Å². The first-order valence-corrected chi connectivity index (χ1v) is 6.90. The van der Waals surface area contributed by atoms with Crippen LogP contribution in [0.5, 0.6) is 0 Å². The van der Waals surface area contributed by atoms with Crippen molar-refractivity contribution in [2.45, 2.75) is 12.2 Å². The summed E-state index contributed by atoms with van der Waals surface area (Å²) in [5, 5.41) is 19.7. The SMILES string of the molecule is OC(C#C/C=C\C#CC(O)c1ccccc1)c1ccccc1. The number of aliphatic hydroxyl groups is 2. The molecule has 0 fully saturated rings. The molecule has 0 heterocycles. The molecule has 0 amide bonds. The molecule has 2 unspecified atom stereocenters. The van der Waals surface area contributed by atoms with Crippen LogP contribution in [0.25, 0.3) is 0 Å². The van der Waals surface area contributed by atoms with Crippen molar-refractivity contribution in [1.29, 1.82) is 0 Å². The van der Waals surface area contributed by atoms with E-state index in [1.807, 2.05) is 60.7 Å². The lowest BCUT2D eigenvalue weighted by atomic mass is 10.1. The average Bonchev–Trinajstić information content (AvgIpc) is 2.59. The summed E-state index contributed by atoms with van der Waals surface area (Å²) in [5.74, 6) is 10.9. The number of benzene rings is 2. The van der Waals surface area contributed by atoms with Crippen LogP contribution in [0.15, 0.2) is 72.8 Å². The molecule has 0 aromatic heterocycles. The van der Waals surface area contributed by atoms with Crippen LogP contribution in [0.4, 0.5) is 0 Å². The normalized spacial score (nSPS) is 12.6. The lowest BCUT2D eigenvalue weighted by Gasteiger charge is -2.01. The van der Waals surface area contributed by atoms with Crippen LogP contribution in [-0.4, -0.2) is 10.2 Å². The molecular formula is C20H16O2. The van der Waals surface area contributed by atoms with Gasteiger partial charge in [-0.25, -0.2) is 0 Å². The molecule has 0 bridgehead atoms. The van der Waals surface area contributed by atoms with Crippen molar-refractivity contribution in [3.63, 3.8) is 0 Å². The van der Waals surface area contributed by atoms with E-state index in [1.165, 1.54) is 0 Å². The van der Waals surface area contributed by atoms with Gasteiger partial charge in [-0.3, -0.25) is 0 Å². The van der Waals surface area contributed by atoms with Crippen molar-refractivity contribution in [2.75, 3.05) is 0 Å². The summed E-state index contributed by atoms with van der Waals surface area (Å²) < 4.78 is 0. The summed E-state index contributed by atoms with van der Waals surface area (Å²) in [6.07, 6.45) is 1.48. The standard InChI is InChI=1S/C20H16O2/c21-19(17-11-5-3-6-12-17)15-9-1-2-10-16-20(22)18-13-7-4-8-14-18/h1-8,11-14,19-22H/b2-1-. The number of hydrogen-bond donors (Lipinski definition) is 2. The Hall–Kier alpha value is -2.78. The Morgan fingerprint density at radius 2 is 1.00 bits per heavy atom. The number of rotatable bonds is 2. The molecule has 2 N–H and O–H groups in total. The number of allylic oxidation sites excluding steroid dienone is 2. The van der Waals surface area contributed by atoms with Crippen molar-refractivity contribution in [2.24, 2.45) is 0 Å². The fourth-order valence-corrected chi connectivity index (χ4v) is 1.77. The third-order valence-corrected chi connectivity index (χ3v) is 2.92. The lowest BCUT2D eigenvalue weighted by molar-refractivity contribution is 0.238. The van der Waals surface area contributed by atoms with E-state index in [-0.39, 0.29) is 0 Å². The zero-order valence-electron chi connectivity index (χ0n) is 12.0. The quantitative estimate of drug-likeness (QED) is 0.834. The highest BCUT2D eigenvalue weighted by molar-refractivity contribution is 5.32. The third kappa shape index (κ3) is 4.96. The Morgan fingerprint density at radius 1 is 0.636 bits per heavy atom. The van der Waals surface area contributed by atoms with Gasteiger partial charge in [-0.1, -0.05) is 84.3 Å². The predicted octanol–water partition coefficient (Wildman–Crippen LogP) is 3.02. The van der Waals surface area contributed by atoms with Crippen molar-refractivity contribution < 1.29 is 10.2 Å². The van der Waals surface area contributed by atoms with Crippen molar-refractivity contribution >= 4 is 0 Å². The topological polar surface area (TPSA) is 40.5 Å². The molecule has 0 aliphatic carbocycles. The van der Waals surface area contributed by atoms with E-state index in [0.717, 1.165) is 11.1 Å². The van der Waals surface area contributed by atoms with Gasteiger partial charge in [0.05, 0.1) is 0 Å². The first-order chi connectivity index (χ1) is 10.8. The average molecular weight is 288 g/mol. The van der Waals surface area contributed by atoms with Gasteiger partial charge in [0, 0.05) is 0 Å². The Morgan fingerprint density at radius 3 is 1.36 bits per heavy atom. The molecular weight excluding hydrogens is 272 g/mol. The van der Waals surface area contributed by atoms with E-state index < -0.39 is 12.2 Å². The molecule has 2 heteroatoms. The van der Waals surface area contributed by atoms with Gasteiger partial charge in [-0.2, -0.15) is 0 Å². The maximum Gasteiger partial charge on any atom is 0.140 e. The first kappa shape index (κ1) is 15.6. The monoisotopic (exact) mass is 288 g/mol. The molecule has 0 aliphatic rings. The lowest BCUT2D eigenvalue weighted by Crippen LogP contribution is -1.92. The van der Waals surface area contributed by atoms with Gasteiger partial charge in [-0.15, -0.1) is 0 Å². The first-order valence-electron chi connectivity index (χ1n) is 6.90. The molecule has 0 radical (unpaired) electrons. The maximum absolute atomic E-state index is 9.83.